The van der Waals surface area contributed by atoms with Crippen molar-refractivity contribution in [2.45, 2.75) is 26.5 Å². The summed E-state index contributed by atoms with van der Waals surface area (Å²) < 4.78 is 10.5. The average molecular weight is 303 g/mol. The molecule has 0 bridgehead atoms. The van der Waals surface area contributed by atoms with E-state index in [-0.39, 0.29) is 11.8 Å². The van der Waals surface area contributed by atoms with Crippen molar-refractivity contribution < 1.29 is 19.1 Å². The molecule has 0 radical (unpaired) electrons. The van der Waals surface area contributed by atoms with Crippen LogP contribution in [0.25, 0.3) is 0 Å². The highest BCUT2D eigenvalue weighted by atomic mass is 16.5. The van der Waals surface area contributed by atoms with E-state index in [0.717, 1.165) is 5.56 Å². The summed E-state index contributed by atoms with van der Waals surface area (Å²) in [6.07, 6.45) is 1.45. The molecule has 0 saturated carbocycles. The fourth-order valence-corrected chi connectivity index (χ4v) is 2.47. The Morgan fingerprint density at radius 1 is 1.27 bits per heavy atom. The molecule has 1 aliphatic rings. The Bertz CT molecular complexity index is 565. The van der Waals surface area contributed by atoms with Gasteiger partial charge < -0.3 is 14.4 Å². The van der Waals surface area contributed by atoms with Gasteiger partial charge in [-0.15, -0.1) is 0 Å². The maximum absolute atomic E-state index is 12.1. The van der Waals surface area contributed by atoms with Crippen molar-refractivity contribution in [2.24, 2.45) is 5.92 Å². The van der Waals surface area contributed by atoms with Gasteiger partial charge in [-0.1, -0.05) is 44.2 Å². The van der Waals surface area contributed by atoms with E-state index in [0.29, 0.717) is 18.9 Å². The second kappa shape index (κ2) is 7.11. The maximum atomic E-state index is 12.1. The Hall–Kier alpha value is -2.30. The monoisotopic (exact) mass is 303 g/mol. The Balaban J connectivity index is 1.99. The Kier molecular flexibility index (Phi) is 5.20. The molecule has 5 heteroatoms. The molecule has 0 saturated heterocycles. The number of esters is 1. The van der Waals surface area contributed by atoms with Gasteiger partial charge in [0.1, 0.15) is 18.4 Å². The molecule has 5 nitrogen and oxygen atoms in total. The highest BCUT2D eigenvalue weighted by Crippen LogP contribution is 2.21. The number of carbonyl (C=O) groups is 2. The van der Waals surface area contributed by atoms with E-state index in [2.05, 4.69) is 0 Å². The molecule has 0 fully saturated rings. The van der Waals surface area contributed by atoms with Gasteiger partial charge >= 0.3 is 5.97 Å². The highest BCUT2D eigenvalue weighted by molar-refractivity contribution is 5.94. The Morgan fingerprint density at radius 3 is 2.55 bits per heavy atom. The van der Waals surface area contributed by atoms with Crippen molar-refractivity contribution >= 4 is 11.9 Å². The predicted molar refractivity (Wildman–Crippen MR) is 81.7 cm³/mol. The SMILES string of the molecule is COC(=O)[C@H](C(C)C)N1CC(OCc2ccccc2)=CC1=O. The lowest BCUT2D eigenvalue weighted by Gasteiger charge is -2.28. The van der Waals surface area contributed by atoms with Crippen molar-refractivity contribution in [3.05, 3.63) is 47.7 Å². The van der Waals surface area contributed by atoms with Crippen LogP contribution in [0.15, 0.2) is 42.2 Å². The van der Waals surface area contributed by atoms with E-state index in [4.69, 9.17) is 9.47 Å². The highest BCUT2D eigenvalue weighted by Gasteiger charge is 2.36. The lowest BCUT2D eigenvalue weighted by atomic mass is 10.0. The minimum Gasteiger partial charge on any atom is -0.491 e. The normalized spacial score (nSPS) is 15.7. The number of carbonyl (C=O) groups excluding carboxylic acids is 2. The first kappa shape index (κ1) is 16.1. The zero-order valence-corrected chi connectivity index (χ0v) is 13.1. The largest absolute Gasteiger partial charge is 0.491 e. The van der Waals surface area contributed by atoms with Crippen LogP contribution in [0, 0.1) is 5.92 Å². The second-order valence-corrected chi connectivity index (χ2v) is 5.56. The van der Waals surface area contributed by atoms with Gasteiger partial charge in [0.2, 0.25) is 0 Å². The molecular formula is C17H21NO4. The summed E-state index contributed by atoms with van der Waals surface area (Å²) in [5.41, 5.74) is 1.03. The first-order valence-electron chi connectivity index (χ1n) is 7.28. The zero-order valence-electron chi connectivity index (χ0n) is 13.1. The van der Waals surface area contributed by atoms with Crippen LogP contribution in [-0.4, -0.2) is 36.5 Å². The van der Waals surface area contributed by atoms with Crippen molar-refractivity contribution in [1.82, 2.24) is 4.90 Å². The third-order valence-electron chi connectivity index (χ3n) is 3.57. The van der Waals surface area contributed by atoms with Crippen molar-refractivity contribution in [3.8, 4) is 0 Å². The number of ether oxygens (including phenoxy) is 2. The van der Waals surface area contributed by atoms with Gasteiger partial charge in [-0.25, -0.2) is 4.79 Å². The number of hydrogen-bond donors (Lipinski definition) is 0. The second-order valence-electron chi connectivity index (χ2n) is 5.56. The summed E-state index contributed by atoms with van der Waals surface area (Å²) in [6.45, 7) is 4.47. The molecule has 0 spiro atoms. The fourth-order valence-electron chi connectivity index (χ4n) is 2.47. The third-order valence-corrected chi connectivity index (χ3v) is 3.57. The molecule has 0 aromatic heterocycles. The zero-order chi connectivity index (χ0) is 16.1. The number of hydrogen-bond acceptors (Lipinski definition) is 4. The Labute approximate surface area is 130 Å². The molecule has 0 unspecified atom stereocenters. The number of methoxy groups -OCH3 is 1. The van der Waals surface area contributed by atoms with Crippen molar-refractivity contribution in [1.29, 1.82) is 0 Å². The van der Waals surface area contributed by atoms with Gasteiger partial charge in [0.25, 0.3) is 5.91 Å². The van der Waals surface area contributed by atoms with Gasteiger partial charge in [-0.2, -0.15) is 0 Å². The van der Waals surface area contributed by atoms with E-state index in [9.17, 15) is 9.59 Å². The van der Waals surface area contributed by atoms with E-state index in [1.807, 2.05) is 44.2 Å². The molecule has 2 rings (SSSR count). The smallest absolute Gasteiger partial charge is 0.328 e. The van der Waals surface area contributed by atoms with Gasteiger partial charge in [-0.3, -0.25) is 4.79 Å². The summed E-state index contributed by atoms with van der Waals surface area (Å²) in [5.74, 6) is -0.0742. The minimum absolute atomic E-state index is 0.0294. The maximum Gasteiger partial charge on any atom is 0.328 e. The number of rotatable bonds is 6. The molecule has 1 heterocycles. The van der Waals surface area contributed by atoms with Gasteiger partial charge in [0.15, 0.2) is 0 Å². The summed E-state index contributed by atoms with van der Waals surface area (Å²) in [6, 6.07) is 9.14. The molecule has 1 amide bonds. The average Bonchev–Trinajstić information content (AvgIpc) is 2.87. The van der Waals surface area contributed by atoms with Crippen LogP contribution in [0.2, 0.25) is 0 Å². The quantitative estimate of drug-likeness (QED) is 0.755. The van der Waals surface area contributed by atoms with Crippen LogP contribution in [0.4, 0.5) is 0 Å². The molecule has 1 aliphatic heterocycles. The molecule has 1 aromatic rings. The van der Waals surface area contributed by atoms with Crippen molar-refractivity contribution in [2.75, 3.05) is 13.7 Å². The summed E-state index contributed by atoms with van der Waals surface area (Å²) >= 11 is 0. The number of nitrogens with zero attached hydrogens (tertiary/aromatic N) is 1. The molecule has 0 N–H and O–H groups in total. The first-order chi connectivity index (χ1) is 10.5. The minimum atomic E-state index is -0.591. The summed E-state index contributed by atoms with van der Waals surface area (Å²) in [5, 5.41) is 0. The van der Waals surface area contributed by atoms with Crippen LogP contribution in [0.1, 0.15) is 19.4 Å². The lowest BCUT2D eigenvalue weighted by Crippen LogP contribution is -2.46. The number of benzene rings is 1. The van der Waals surface area contributed by atoms with Crippen LogP contribution < -0.4 is 0 Å². The van der Waals surface area contributed by atoms with Gasteiger partial charge in [-0.05, 0) is 11.5 Å². The van der Waals surface area contributed by atoms with Crippen LogP contribution in [0.3, 0.4) is 0 Å². The van der Waals surface area contributed by atoms with Crippen molar-refractivity contribution in [3.63, 3.8) is 0 Å². The van der Waals surface area contributed by atoms with Gasteiger partial charge in [0, 0.05) is 6.08 Å². The molecule has 1 atom stereocenters. The van der Waals surface area contributed by atoms with E-state index < -0.39 is 12.0 Å². The van der Waals surface area contributed by atoms with Crippen LogP contribution in [-0.2, 0) is 25.7 Å². The van der Waals surface area contributed by atoms with E-state index in [1.165, 1.54) is 18.1 Å². The summed E-state index contributed by atoms with van der Waals surface area (Å²) in [4.78, 5) is 25.5. The van der Waals surface area contributed by atoms with Gasteiger partial charge in [0.05, 0.1) is 13.7 Å². The topological polar surface area (TPSA) is 55.8 Å². The summed E-state index contributed by atoms with van der Waals surface area (Å²) in [7, 11) is 1.33. The molecule has 1 aromatic carbocycles. The standard InChI is InChI=1S/C17H21NO4/c1-12(2)16(17(20)21-3)18-10-14(9-15(18)19)22-11-13-7-5-4-6-8-13/h4-9,12,16H,10-11H2,1-3H3/t16-/m0/s1. The lowest BCUT2D eigenvalue weighted by molar-refractivity contribution is -0.152. The van der Waals surface area contributed by atoms with E-state index in [1.54, 1.807) is 0 Å². The molecule has 22 heavy (non-hydrogen) atoms. The molecular weight excluding hydrogens is 282 g/mol. The number of amides is 1. The van der Waals surface area contributed by atoms with Crippen LogP contribution >= 0.6 is 0 Å². The predicted octanol–water partition coefficient (Wildman–Crippen LogP) is 2.13. The fraction of sp³-hybridized carbons (Fsp3) is 0.412. The van der Waals surface area contributed by atoms with E-state index >= 15 is 0 Å². The third kappa shape index (κ3) is 3.67. The molecule has 118 valence electrons. The van der Waals surface area contributed by atoms with Crippen LogP contribution in [0.5, 0.6) is 0 Å². The first-order valence-corrected chi connectivity index (χ1v) is 7.28. The Morgan fingerprint density at radius 2 is 1.95 bits per heavy atom. The molecule has 0 aliphatic carbocycles.